The summed E-state index contributed by atoms with van der Waals surface area (Å²) in [6.45, 7) is 24.1. The molecule has 3 heteroatoms. The molecule has 0 radical (unpaired) electrons. The number of allylic oxidation sites excluding steroid dienone is 3. The van der Waals surface area contributed by atoms with Gasteiger partial charge in [0.2, 0.25) is 0 Å². The van der Waals surface area contributed by atoms with Gasteiger partial charge in [0.25, 0.3) is 6.71 Å². The van der Waals surface area contributed by atoms with E-state index >= 15 is 0 Å². The summed E-state index contributed by atoms with van der Waals surface area (Å²) in [5.41, 5.74) is 18.5. The number of aryl methyl sites for hydroxylation is 2. The van der Waals surface area contributed by atoms with E-state index in [-0.39, 0.29) is 28.4 Å². The minimum absolute atomic E-state index is 0.00952. The molecule has 0 spiro atoms. The van der Waals surface area contributed by atoms with Crippen LogP contribution in [-0.4, -0.2) is 12.8 Å². The van der Waals surface area contributed by atoms with Gasteiger partial charge < -0.3 is 9.80 Å². The highest BCUT2D eigenvalue weighted by Crippen LogP contribution is 2.52. The molecule has 2 aliphatic heterocycles. The molecule has 2 nitrogen and oxygen atoms in total. The first-order valence-corrected chi connectivity index (χ1v) is 22.0. The van der Waals surface area contributed by atoms with Gasteiger partial charge in [-0.1, -0.05) is 148 Å². The van der Waals surface area contributed by atoms with Crippen LogP contribution in [0.4, 0.5) is 28.4 Å². The number of benzene rings is 5. The Kier molecular flexibility index (Phi) is 8.08. The van der Waals surface area contributed by atoms with Crippen LogP contribution in [0.2, 0.25) is 0 Å². The van der Waals surface area contributed by atoms with Gasteiger partial charge in [0.1, 0.15) is 0 Å². The van der Waals surface area contributed by atoms with Crippen LogP contribution in [0, 0.1) is 11.3 Å². The molecule has 10 rings (SSSR count). The smallest absolute Gasteiger partial charge is 0.252 e. The molecule has 5 aromatic rings. The van der Waals surface area contributed by atoms with Gasteiger partial charge >= 0.3 is 0 Å². The molecule has 0 aromatic heterocycles. The SMILES string of the molecule is CC(C)(C)c1ccc2c(c1)B1c3ccc(C(C)(C)C)cc3N(c3ccc4c5c(cccc35)CCC4)c3cc(C(C)(C)C)cc(c31)N2C1CCCC2(C)C=CC=CC12. The van der Waals surface area contributed by atoms with Crippen LogP contribution in [0.1, 0.15) is 123 Å². The van der Waals surface area contributed by atoms with Crippen LogP contribution in [0.5, 0.6) is 0 Å². The van der Waals surface area contributed by atoms with Crippen molar-refractivity contribution in [3.8, 4) is 0 Å². The lowest BCUT2D eigenvalue weighted by molar-refractivity contribution is 0.184. The van der Waals surface area contributed by atoms with Crippen molar-refractivity contribution >= 4 is 62.3 Å². The number of hydrogen-bond donors (Lipinski definition) is 0. The Labute approximate surface area is 343 Å². The molecule has 3 unspecified atom stereocenters. The van der Waals surface area contributed by atoms with Crippen LogP contribution >= 0.6 is 0 Å². The van der Waals surface area contributed by atoms with Crippen LogP contribution in [0.15, 0.2) is 103 Å². The van der Waals surface area contributed by atoms with E-state index in [0.717, 1.165) is 12.8 Å². The van der Waals surface area contributed by atoms with Crippen molar-refractivity contribution in [3.05, 3.63) is 131 Å². The van der Waals surface area contributed by atoms with Gasteiger partial charge in [0.05, 0.1) is 5.69 Å². The summed E-state index contributed by atoms with van der Waals surface area (Å²) < 4.78 is 0. The number of fused-ring (bicyclic) bond motifs is 5. The summed E-state index contributed by atoms with van der Waals surface area (Å²) >= 11 is 0. The summed E-state index contributed by atoms with van der Waals surface area (Å²) in [4.78, 5) is 5.58. The average Bonchev–Trinajstić information content (AvgIpc) is 3.16. The first-order chi connectivity index (χ1) is 27.0. The zero-order valence-electron chi connectivity index (χ0n) is 36.2. The van der Waals surface area contributed by atoms with Gasteiger partial charge in [-0.2, -0.15) is 0 Å². The van der Waals surface area contributed by atoms with E-state index in [1.165, 1.54) is 109 Å². The standard InChI is InChI=1S/C54H61BN2/c1-51(2,3)36-24-27-45-42(30-36)55-41-25-23-37(52(4,5)6)31-46(41)56(43-26-22-35-17-13-16-34-18-14-19-39(43)49(34)35)47-32-38(53(7,8)9)33-48(50(47)55)57(45)44-21-15-29-54(10)28-12-11-20-40(44)54/h11-12,14,18-20,22-28,30-33,40,44H,13,15-17,21,29H2,1-10H3. The van der Waals surface area contributed by atoms with E-state index in [2.05, 4.69) is 182 Å². The molecular formula is C54H61BN2. The largest absolute Gasteiger partial charge is 0.339 e. The summed E-state index contributed by atoms with van der Waals surface area (Å²) in [7, 11) is 0. The molecule has 2 heterocycles. The van der Waals surface area contributed by atoms with Crippen molar-refractivity contribution in [2.45, 2.75) is 130 Å². The first kappa shape index (κ1) is 36.8. The van der Waals surface area contributed by atoms with E-state index in [4.69, 9.17) is 0 Å². The predicted octanol–water partition coefficient (Wildman–Crippen LogP) is 12.3. The normalized spacial score (nSPS) is 22.3. The lowest BCUT2D eigenvalue weighted by atomic mass is 9.33. The van der Waals surface area contributed by atoms with E-state index in [1.54, 1.807) is 0 Å². The van der Waals surface area contributed by atoms with E-state index in [1.807, 2.05) is 0 Å². The third-order valence-corrected chi connectivity index (χ3v) is 14.7. The first-order valence-electron chi connectivity index (χ1n) is 22.0. The van der Waals surface area contributed by atoms with E-state index in [9.17, 15) is 0 Å². The molecule has 0 amide bonds. The van der Waals surface area contributed by atoms with Gasteiger partial charge in [-0.3, -0.25) is 0 Å². The van der Waals surface area contributed by atoms with Crippen molar-refractivity contribution < 1.29 is 0 Å². The Bertz CT molecular complexity index is 2520. The average molecular weight is 749 g/mol. The molecule has 1 saturated carbocycles. The van der Waals surface area contributed by atoms with Gasteiger partial charge in [-0.15, -0.1) is 0 Å². The second-order valence-corrected chi connectivity index (χ2v) is 21.5. The highest BCUT2D eigenvalue weighted by molar-refractivity contribution is 7.00. The van der Waals surface area contributed by atoms with Crippen molar-refractivity contribution in [2.24, 2.45) is 11.3 Å². The molecule has 0 N–H and O–H groups in total. The van der Waals surface area contributed by atoms with Crippen LogP contribution in [0.3, 0.4) is 0 Å². The number of hydrogen-bond acceptors (Lipinski definition) is 2. The second-order valence-electron chi connectivity index (χ2n) is 21.5. The van der Waals surface area contributed by atoms with Gasteiger partial charge in [-0.25, -0.2) is 0 Å². The maximum atomic E-state index is 2.86. The highest BCUT2D eigenvalue weighted by atomic mass is 15.2. The summed E-state index contributed by atoms with van der Waals surface area (Å²) in [5, 5.41) is 2.87. The Morgan fingerprint density at radius 1 is 0.614 bits per heavy atom. The third kappa shape index (κ3) is 5.65. The number of nitrogens with zero attached hydrogens (tertiary/aromatic N) is 2. The topological polar surface area (TPSA) is 6.48 Å². The van der Waals surface area contributed by atoms with Crippen molar-refractivity contribution in [3.63, 3.8) is 0 Å². The summed E-state index contributed by atoms with van der Waals surface area (Å²) in [5.74, 6) is 0.429. The summed E-state index contributed by atoms with van der Waals surface area (Å²) in [6, 6.07) is 32.7. The second kappa shape index (κ2) is 12.5. The fourth-order valence-corrected chi connectivity index (χ4v) is 11.4. The molecule has 5 aliphatic rings. The Balaban J connectivity index is 1.33. The minimum Gasteiger partial charge on any atom is -0.339 e. The predicted molar refractivity (Wildman–Crippen MR) is 248 cm³/mol. The van der Waals surface area contributed by atoms with Crippen molar-refractivity contribution in [2.75, 3.05) is 9.80 Å². The molecule has 290 valence electrons. The van der Waals surface area contributed by atoms with Crippen LogP contribution in [0.25, 0.3) is 10.8 Å². The zero-order chi connectivity index (χ0) is 39.8. The molecule has 1 fully saturated rings. The molecular weight excluding hydrogens is 687 g/mol. The third-order valence-electron chi connectivity index (χ3n) is 14.7. The fraction of sp³-hybridized carbons (Fsp3) is 0.407. The number of rotatable bonds is 2. The fourth-order valence-electron chi connectivity index (χ4n) is 11.4. The lowest BCUT2D eigenvalue weighted by Gasteiger charge is -2.53. The Morgan fingerprint density at radius 2 is 1.28 bits per heavy atom. The molecule has 0 bridgehead atoms. The maximum absolute atomic E-state index is 2.86. The van der Waals surface area contributed by atoms with Crippen molar-refractivity contribution in [1.82, 2.24) is 0 Å². The monoisotopic (exact) mass is 748 g/mol. The van der Waals surface area contributed by atoms with E-state index in [0.29, 0.717) is 12.0 Å². The molecule has 57 heavy (non-hydrogen) atoms. The zero-order valence-corrected chi connectivity index (χ0v) is 36.2. The van der Waals surface area contributed by atoms with Gasteiger partial charge in [-0.05, 0) is 134 Å². The van der Waals surface area contributed by atoms with Gasteiger partial charge in [0, 0.05) is 40.1 Å². The molecule has 0 saturated heterocycles. The Hall–Kier alpha value is -4.50. The van der Waals surface area contributed by atoms with E-state index < -0.39 is 0 Å². The molecule has 3 aliphatic carbocycles. The maximum Gasteiger partial charge on any atom is 0.252 e. The molecule has 5 aromatic carbocycles. The Morgan fingerprint density at radius 3 is 2.04 bits per heavy atom. The number of anilines is 5. The molecule has 3 atom stereocenters. The van der Waals surface area contributed by atoms with Gasteiger partial charge in [0.15, 0.2) is 0 Å². The lowest BCUT2D eigenvalue weighted by Crippen LogP contribution is -2.64. The highest BCUT2D eigenvalue weighted by Gasteiger charge is 2.49. The summed E-state index contributed by atoms with van der Waals surface area (Å²) in [6.07, 6.45) is 16.9. The van der Waals surface area contributed by atoms with Crippen molar-refractivity contribution in [1.29, 1.82) is 0 Å². The minimum atomic E-state index is -0.0449. The van der Waals surface area contributed by atoms with Crippen LogP contribution < -0.4 is 26.2 Å². The van der Waals surface area contributed by atoms with Crippen LogP contribution in [-0.2, 0) is 29.1 Å². The quantitative estimate of drug-likeness (QED) is 0.163.